The molecule has 1 aliphatic rings. The quantitative estimate of drug-likeness (QED) is 0.675. The summed E-state index contributed by atoms with van der Waals surface area (Å²) in [6.45, 7) is 3.32. The highest BCUT2D eigenvalue weighted by molar-refractivity contribution is 6.31. The maximum atomic E-state index is 6.30. The molecule has 1 aromatic carbocycles. The number of rotatable bonds is 5. The number of benzene rings is 1. The third kappa shape index (κ3) is 4.38. The van der Waals surface area contributed by atoms with E-state index in [2.05, 4.69) is 22.1 Å². The summed E-state index contributed by atoms with van der Waals surface area (Å²) in [5.74, 6) is 0. The minimum absolute atomic E-state index is 0.0156. The maximum Gasteiger partial charge on any atom is 0.112 e. The lowest BCUT2D eigenvalue weighted by Gasteiger charge is -2.32. The molecule has 0 unspecified atom stereocenters. The first-order valence-corrected chi connectivity index (χ1v) is 9.57. The standard InChI is InChI=1S/C21H23ClN4O/c1-25-18(9-10-23-25)14-26-11-12-27-21(15-26)20-8-4-6-17(24-20)13-16-5-2-3-7-19(16)22/h2-10,21H,11-15H2,1H3/t21-/m0/s1. The molecule has 0 N–H and O–H groups in total. The molecule has 0 radical (unpaired) electrons. The molecule has 0 bridgehead atoms. The van der Waals surface area contributed by atoms with E-state index in [1.54, 1.807) is 0 Å². The summed E-state index contributed by atoms with van der Waals surface area (Å²) in [5, 5.41) is 5.03. The van der Waals surface area contributed by atoms with Crippen LogP contribution in [-0.2, 0) is 24.8 Å². The van der Waals surface area contributed by atoms with Gasteiger partial charge in [0.1, 0.15) is 6.10 Å². The Morgan fingerprint density at radius 2 is 2.04 bits per heavy atom. The molecule has 1 atom stereocenters. The van der Waals surface area contributed by atoms with E-state index in [0.717, 1.165) is 48.0 Å². The summed E-state index contributed by atoms with van der Waals surface area (Å²) in [7, 11) is 1.98. The van der Waals surface area contributed by atoms with E-state index < -0.39 is 0 Å². The van der Waals surface area contributed by atoms with Crippen LogP contribution >= 0.6 is 11.6 Å². The largest absolute Gasteiger partial charge is 0.369 e. The zero-order chi connectivity index (χ0) is 18.6. The number of pyridine rings is 1. The van der Waals surface area contributed by atoms with Crippen molar-refractivity contribution in [1.82, 2.24) is 19.7 Å². The Labute approximate surface area is 164 Å². The second kappa shape index (κ2) is 8.21. The average Bonchev–Trinajstić information content (AvgIpc) is 3.09. The number of nitrogens with zero attached hydrogens (tertiary/aromatic N) is 4. The number of ether oxygens (including phenoxy) is 1. The van der Waals surface area contributed by atoms with E-state index in [1.165, 1.54) is 5.69 Å². The topological polar surface area (TPSA) is 43.2 Å². The molecule has 140 valence electrons. The third-order valence-corrected chi connectivity index (χ3v) is 5.31. The van der Waals surface area contributed by atoms with Gasteiger partial charge in [0, 0.05) is 50.0 Å². The molecule has 0 saturated carbocycles. The molecule has 2 aromatic heterocycles. The van der Waals surface area contributed by atoms with Crippen LogP contribution in [0.25, 0.3) is 0 Å². The second-order valence-corrected chi connectivity index (χ2v) is 7.27. The van der Waals surface area contributed by atoms with E-state index in [0.29, 0.717) is 6.61 Å². The summed E-state index contributed by atoms with van der Waals surface area (Å²) in [6, 6.07) is 16.1. The number of aromatic nitrogens is 3. The van der Waals surface area contributed by atoms with Gasteiger partial charge < -0.3 is 4.74 Å². The monoisotopic (exact) mass is 382 g/mol. The van der Waals surface area contributed by atoms with Crippen LogP contribution in [0.15, 0.2) is 54.7 Å². The van der Waals surface area contributed by atoms with Crippen LogP contribution in [0.3, 0.4) is 0 Å². The van der Waals surface area contributed by atoms with Crippen molar-refractivity contribution in [3.05, 3.63) is 82.4 Å². The van der Waals surface area contributed by atoms with Gasteiger partial charge >= 0.3 is 0 Å². The van der Waals surface area contributed by atoms with Crippen molar-refractivity contribution in [2.24, 2.45) is 7.05 Å². The van der Waals surface area contributed by atoms with Gasteiger partial charge in [0.15, 0.2) is 0 Å². The highest BCUT2D eigenvalue weighted by Gasteiger charge is 2.24. The van der Waals surface area contributed by atoms with Gasteiger partial charge in [0.05, 0.1) is 18.0 Å². The minimum atomic E-state index is -0.0156. The highest BCUT2D eigenvalue weighted by atomic mass is 35.5. The zero-order valence-corrected chi connectivity index (χ0v) is 16.1. The molecule has 3 heterocycles. The Balaban J connectivity index is 1.46. The number of aryl methyl sites for hydroxylation is 1. The van der Waals surface area contributed by atoms with Crippen molar-refractivity contribution in [3.63, 3.8) is 0 Å². The molecular formula is C21H23ClN4O. The molecule has 1 aliphatic heterocycles. The molecule has 0 spiro atoms. The number of halogens is 1. The summed E-state index contributed by atoms with van der Waals surface area (Å²) >= 11 is 6.30. The van der Waals surface area contributed by atoms with Crippen LogP contribution in [0.5, 0.6) is 0 Å². The fraction of sp³-hybridized carbons (Fsp3) is 0.333. The van der Waals surface area contributed by atoms with Crippen molar-refractivity contribution in [2.75, 3.05) is 19.7 Å². The first kappa shape index (κ1) is 18.2. The fourth-order valence-electron chi connectivity index (χ4n) is 3.42. The molecule has 1 fully saturated rings. The van der Waals surface area contributed by atoms with Crippen LogP contribution < -0.4 is 0 Å². The molecule has 4 rings (SSSR count). The Bertz CT molecular complexity index is 910. The second-order valence-electron chi connectivity index (χ2n) is 6.86. The highest BCUT2D eigenvalue weighted by Crippen LogP contribution is 2.23. The van der Waals surface area contributed by atoms with Gasteiger partial charge in [0.2, 0.25) is 0 Å². The molecule has 1 saturated heterocycles. The van der Waals surface area contributed by atoms with Gasteiger partial charge in [0.25, 0.3) is 0 Å². The molecule has 27 heavy (non-hydrogen) atoms. The van der Waals surface area contributed by atoms with E-state index in [1.807, 2.05) is 54.3 Å². The van der Waals surface area contributed by atoms with Crippen LogP contribution in [0, 0.1) is 0 Å². The lowest BCUT2D eigenvalue weighted by Crippen LogP contribution is -2.38. The first-order valence-electron chi connectivity index (χ1n) is 9.19. The van der Waals surface area contributed by atoms with Crippen molar-refractivity contribution in [3.8, 4) is 0 Å². The molecule has 0 amide bonds. The minimum Gasteiger partial charge on any atom is -0.369 e. The number of hydrogen-bond acceptors (Lipinski definition) is 4. The third-order valence-electron chi connectivity index (χ3n) is 4.95. The van der Waals surface area contributed by atoms with Crippen LogP contribution in [-0.4, -0.2) is 39.4 Å². The van der Waals surface area contributed by atoms with E-state index >= 15 is 0 Å². The van der Waals surface area contributed by atoms with Crippen molar-refractivity contribution in [2.45, 2.75) is 19.1 Å². The van der Waals surface area contributed by atoms with Crippen LogP contribution in [0.1, 0.15) is 28.7 Å². The van der Waals surface area contributed by atoms with Crippen molar-refractivity contribution < 1.29 is 4.74 Å². The van der Waals surface area contributed by atoms with Crippen molar-refractivity contribution in [1.29, 1.82) is 0 Å². The summed E-state index contributed by atoms with van der Waals surface area (Å²) in [6.07, 6.45) is 2.55. The normalized spacial score (nSPS) is 17.9. The molecule has 6 heteroatoms. The summed E-state index contributed by atoms with van der Waals surface area (Å²) < 4.78 is 7.94. The lowest BCUT2D eigenvalue weighted by atomic mass is 10.1. The van der Waals surface area contributed by atoms with Gasteiger partial charge in [-0.1, -0.05) is 35.9 Å². The zero-order valence-electron chi connectivity index (χ0n) is 15.4. The van der Waals surface area contributed by atoms with Gasteiger partial charge in [-0.3, -0.25) is 14.6 Å². The van der Waals surface area contributed by atoms with Crippen molar-refractivity contribution >= 4 is 11.6 Å². The lowest BCUT2D eigenvalue weighted by molar-refractivity contribution is -0.0357. The maximum absolute atomic E-state index is 6.30. The predicted octanol–water partition coefficient (Wildman–Crippen LogP) is 3.63. The van der Waals surface area contributed by atoms with E-state index in [-0.39, 0.29) is 6.10 Å². The van der Waals surface area contributed by atoms with Crippen LogP contribution in [0.2, 0.25) is 5.02 Å². The first-order chi connectivity index (χ1) is 13.2. The summed E-state index contributed by atoms with van der Waals surface area (Å²) in [5.41, 5.74) is 4.28. The van der Waals surface area contributed by atoms with Gasteiger partial charge in [-0.15, -0.1) is 0 Å². The Morgan fingerprint density at radius 1 is 1.15 bits per heavy atom. The van der Waals surface area contributed by atoms with E-state index in [4.69, 9.17) is 21.3 Å². The van der Waals surface area contributed by atoms with Gasteiger partial charge in [-0.2, -0.15) is 5.10 Å². The average molecular weight is 383 g/mol. The number of morpholine rings is 1. The molecule has 0 aliphatic carbocycles. The SMILES string of the molecule is Cn1nccc1CN1CCO[C@H](c2cccc(Cc3ccccc3Cl)n2)C1. The van der Waals surface area contributed by atoms with Crippen LogP contribution in [0.4, 0.5) is 0 Å². The molecule has 3 aromatic rings. The Kier molecular flexibility index (Phi) is 5.53. The molecule has 5 nitrogen and oxygen atoms in total. The molecular weight excluding hydrogens is 360 g/mol. The predicted molar refractivity (Wildman–Crippen MR) is 106 cm³/mol. The van der Waals surface area contributed by atoms with Gasteiger partial charge in [-0.25, -0.2) is 0 Å². The Hall–Kier alpha value is -2.21. The van der Waals surface area contributed by atoms with Gasteiger partial charge in [-0.05, 0) is 29.8 Å². The summed E-state index contributed by atoms with van der Waals surface area (Å²) in [4.78, 5) is 7.25. The van der Waals surface area contributed by atoms with E-state index in [9.17, 15) is 0 Å². The smallest absolute Gasteiger partial charge is 0.112 e. The number of hydrogen-bond donors (Lipinski definition) is 0. The Morgan fingerprint density at radius 3 is 2.85 bits per heavy atom. The fourth-order valence-corrected chi connectivity index (χ4v) is 3.63.